The molecule has 0 heterocycles. The average Bonchev–Trinajstić information content (AvgIpc) is 1.79. The van der Waals surface area contributed by atoms with Crippen molar-refractivity contribution in [3.05, 3.63) is 0 Å². The number of nitrogens with one attached hydrogen (secondary N) is 1. The van der Waals surface area contributed by atoms with Crippen LogP contribution in [0.25, 0.3) is 0 Å². The normalized spacial score (nSPS) is 12.9. The van der Waals surface area contributed by atoms with Crippen LogP contribution < -0.4 is 5.32 Å². The van der Waals surface area contributed by atoms with Crippen LogP contribution in [0, 0.1) is 0 Å². The fourth-order valence-electron chi connectivity index (χ4n) is 0.271. The highest BCUT2D eigenvalue weighted by Gasteiger charge is 1.95. The molecular weight excluding hydrogens is 161 g/mol. The Kier molecular flexibility index (Phi) is 5.15. The van der Waals surface area contributed by atoms with Gasteiger partial charge in [-0.1, -0.05) is 0 Å². The van der Waals surface area contributed by atoms with Crippen LogP contribution in [0.15, 0.2) is 0 Å². The van der Waals surface area contributed by atoms with Gasteiger partial charge in [0.2, 0.25) is 0 Å². The van der Waals surface area contributed by atoms with Crippen molar-refractivity contribution in [3.63, 3.8) is 0 Å². The minimum absolute atomic E-state index is 0.222. The van der Waals surface area contributed by atoms with E-state index in [1.807, 2.05) is 0 Å². The Balaban J connectivity index is 3.06. The van der Waals surface area contributed by atoms with Gasteiger partial charge in [0, 0.05) is 0 Å². The summed E-state index contributed by atoms with van der Waals surface area (Å²) in [5, 5.41) is 10.3. The molecule has 0 radical (unpaired) electrons. The van der Waals surface area contributed by atoms with Gasteiger partial charge in [0.25, 0.3) is 0 Å². The van der Waals surface area contributed by atoms with E-state index in [4.69, 9.17) is 10.00 Å². The Labute approximate surface area is 57.8 Å². The molecule has 0 aliphatic heterocycles. The van der Waals surface area contributed by atoms with E-state index in [0.29, 0.717) is 0 Å². The zero-order valence-electron chi connectivity index (χ0n) is 5.03. The van der Waals surface area contributed by atoms with Crippen LogP contribution >= 0.6 is 8.25 Å². The lowest BCUT2D eigenvalue weighted by Gasteiger charge is -1.98. The number of carboxylic acid groups (broad SMARTS) is 1. The van der Waals surface area contributed by atoms with Crippen molar-refractivity contribution in [2.75, 3.05) is 13.3 Å². The fraction of sp³-hybridized carbons (Fsp3) is 0.667. The van der Waals surface area contributed by atoms with Crippen molar-refractivity contribution in [2.24, 2.45) is 0 Å². The molecule has 7 heteroatoms. The minimum Gasteiger partial charge on any atom is -0.480 e. The lowest BCUT2D eigenvalue weighted by molar-refractivity contribution is -0.136. The first kappa shape index (κ1) is 9.58. The van der Waals surface area contributed by atoms with Crippen LogP contribution in [0.4, 0.5) is 0 Å². The second kappa shape index (κ2) is 5.37. The second-order valence-corrected chi connectivity index (χ2v) is 2.20. The van der Waals surface area contributed by atoms with Crippen molar-refractivity contribution in [1.29, 1.82) is 0 Å². The smallest absolute Gasteiger partial charge is 0.317 e. The SMILES string of the molecule is O=C(O)CNCO[PH](=O)O. The first-order chi connectivity index (χ1) is 4.63. The minimum atomic E-state index is -2.94. The van der Waals surface area contributed by atoms with Gasteiger partial charge in [-0.05, 0) is 0 Å². The van der Waals surface area contributed by atoms with Crippen LogP contribution in [0.1, 0.15) is 0 Å². The average molecular weight is 169 g/mol. The largest absolute Gasteiger partial charge is 0.480 e. The Hall–Kier alpha value is -0.420. The van der Waals surface area contributed by atoms with Crippen LogP contribution in [-0.2, 0) is 13.9 Å². The molecule has 10 heavy (non-hydrogen) atoms. The molecule has 1 atom stereocenters. The summed E-state index contributed by atoms with van der Waals surface area (Å²) in [7, 11) is -2.94. The molecule has 0 spiro atoms. The van der Waals surface area contributed by atoms with E-state index in [2.05, 4.69) is 9.84 Å². The summed E-state index contributed by atoms with van der Waals surface area (Å²) in [6.07, 6.45) is 0. The Bertz CT molecular complexity index is 121. The van der Waals surface area contributed by atoms with Gasteiger partial charge in [0.05, 0.1) is 6.54 Å². The summed E-state index contributed by atoms with van der Waals surface area (Å²) in [4.78, 5) is 17.8. The van der Waals surface area contributed by atoms with Gasteiger partial charge in [0.1, 0.15) is 6.73 Å². The fourth-order valence-corrected chi connectivity index (χ4v) is 0.496. The number of hydrogen-bond donors (Lipinski definition) is 3. The molecule has 0 fully saturated rings. The zero-order chi connectivity index (χ0) is 7.98. The Morgan fingerprint density at radius 2 is 2.30 bits per heavy atom. The van der Waals surface area contributed by atoms with E-state index in [1.165, 1.54) is 0 Å². The third-order valence-corrected chi connectivity index (χ3v) is 0.965. The molecule has 60 valence electrons. The van der Waals surface area contributed by atoms with Crippen LogP contribution in [-0.4, -0.2) is 29.2 Å². The van der Waals surface area contributed by atoms with Crippen LogP contribution in [0.2, 0.25) is 0 Å². The highest BCUT2D eigenvalue weighted by Crippen LogP contribution is 2.11. The lowest BCUT2D eigenvalue weighted by atomic mass is 10.7. The van der Waals surface area contributed by atoms with E-state index in [-0.39, 0.29) is 13.3 Å². The Morgan fingerprint density at radius 1 is 1.70 bits per heavy atom. The summed E-state index contributed by atoms with van der Waals surface area (Å²) in [6.45, 7) is -0.504. The molecule has 0 rings (SSSR count). The standard InChI is InChI=1S/C3H8NO5P/c5-3(6)1-4-2-9-10(7)8/h4,10H,1-2H2,(H,5,6)(H,7,8). The maximum Gasteiger partial charge on any atom is 0.317 e. The van der Waals surface area contributed by atoms with Crippen molar-refractivity contribution < 1.29 is 23.9 Å². The Morgan fingerprint density at radius 3 is 2.70 bits per heavy atom. The highest BCUT2D eigenvalue weighted by atomic mass is 31.1. The maximum absolute atomic E-state index is 9.82. The van der Waals surface area contributed by atoms with Gasteiger partial charge in [-0.3, -0.25) is 19.2 Å². The quantitative estimate of drug-likeness (QED) is 0.278. The van der Waals surface area contributed by atoms with E-state index in [9.17, 15) is 9.36 Å². The van der Waals surface area contributed by atoms with Crippen molar-refractivity contribution in [1.82, 2.24) is 5.32 Å². The molecule has 0 aromatic rings. The van der Waals surface area contributed by atoms with Crippen LogP contribution in [0.3, 0.4) is 0 Å². The number of carbonyl (C=O) groups is 1. The molecule has 0 aliphatic rings. The van der Waals surface area contributed by atoms with E-state index in [1.54, 1.807) is 0 Å². The second-order valence-electron chi connectivity index (χ2n) is 1.38. The number of hydrogen-bond acceptors (Lipinski definition) is 4. The number of carboxylic acids is 1. The van der Waals surface area contributed by atoms with E-state index in [0.717, 1.165) is 0 Å². The molecule has 6 nitrogen and oxygen atoms in total. The summed E-state index contributed by atoms with van der Waals surface area (Å²) >= 11 is 0. The monoisotopic (exact) mass is 169 g/mol. The summed E-state index contributed by atoms with van der Waals surface area (Å²) in [5.41, 5.74) is 0. The van der Waals surface area contributed by atoms with Gasteiger partial charge in [-0.25, -0.2) is 0 Å². The molecule has 0 amide bonds. The predicted octanol–water partition coefficient (Wildman–Crippen LogP) is -0.983. The highest BCUT2D eigenvalue weighted by molar-refractivity contribution is 7.32. The first-order valence-corrected chi connectivity index (χ1v) is 3.67. The topological polar surface area (TPSA) is 95.9 Å². The number of aliphatic carboxylic acids is 1. The van der Waals surface area contributed by atoms with Crippen LogP contribution in [0.5, 0.6) is 0 Å². The predicted molar refractivity (Wildman–Crippen MR) is 32.8 cm³/mol. The molecule has 0 bridgehead atoms. The maximum atomic E-state index is 9.82. The van der Waals surface area contributed by atoms with Crippen molar-refractivity contribution >= 4 is 14.2 Å². The van der Waals surface area contributed by atoms with Crippen molar-refractivity contribution in [2.45, 2.75) is 0 Å². The molecule has 0 saturated heterocycles. The van der Waals surface area contributed by atoms with E-state index >= 15 is 0 Å². The van der Waals surface area contributed by atoms with Gasteiger partial charge in [-0.2, -0.15) is 0 Å². The molecule has 3 N–H and O–H groups in total. The summed E-state index contributed by atoms with van der Waals surface area (Å²) < 4.78 is 13.9. The van der Waals surface area contributed by atoms with Crippen molar-refractivity contribution in [3.8, 4) is 0 Å². The summed E-state index contributed by atoms with van der Waals surface area (Å²) in [6, 6.07) is 0. The van der Waals surface area contributed by atoms with Gasteiger partial charge in [-0.15, -0.1) is 0 Å². The van der Waals surface area contributed by atoms with Gasteiger partial charge < -0.3 is 10.00 Å². The number of rotatable bonds is 5. The third-order valence-electron chi connectivity index (χ3n) is 0.574. The molecule has 0 aromatic carbocycles. The molecular formula is C3H8NO5P. The molecule has 0 saturated carbocycles. The third kappa shape index (κ3) is 7.58. The summed E-state index contributed by atoms with van der Waals surface area (Å²) in [5.74, 6) is -1.04. The van der Waals surface area contributed by atoms with Gasteiger partial charge in [0.15, 0.2) is 0 Å². The lowest BCUT2D eigenvalue weighted by Crippen LogP contribution is -2.23. The zero-order valence-corrected chi connectivity index (χ0v) is 6.03. The molecule has 1 unspecified atom stereocenters. The first-order valence-electron chi connectivity index (χ1n) is 2.41. The van der Waals surface area contributed by atoms with E-state index < -0.39 is 14.2 Å². The molecule has 0 aromatic heterocycles. The van der Waals surface area contributed by atoms with Gasteiger partial charge >= 0.3 is 14.2 Å². The molecule has 0 aliphatic carbocycles.